The molecule has 2 fully saturated rings. The van der Waals surface area contributed by atoms with E-state index in [1.54, 1.807) is 19.1 Å². The number of nitrogens with zero attached hydrogens (tertiary/aromatic N) is 2. The molecule has 2 aliphatic carbocycles. The number of ether oxygens (including phenoxy) is 2. The fraction of sp³-hybridized carbons (Fsp3) is 0.393. The number of rotatable bonds is 8. The lowest BCUT2D eigenvalue weighted by Crippen LogP contribution is -2.48. The Labute approximate surface area is 210 Å². The predicted molar refractivity (Wildman–Crippen MR) is 133 cm³/mol. The topological polar surface area (TPSA) is 114 Å². The van der Waals surface area contributed by atoms with Crippen LogP contribution in [0.25, 0.3) is 0 Å². The van der Waals surface area contributed by atoms with E-state index in [0.29, 0.717) is 30.2 Å². The van der Waals surface area contributed by atoms with Crippen LogP contribution in [-0.4, -0.2) is 38.6 Å². The molecule has 0 saturated heterocycles. The Hall–Kier alpha value is -3.65. The molecule has 8 nitrogen and oxygen atoms in total. The standard InChI is InChI=1S/C28H31N3O5/c1-18(32)25-12-13-26(31-30-25)36-23-10-6-20(7-11-23)28(14-2-3-15-28)19-4-8-22(9-5-19)35-24-16-21(17-24)29-27(33)34/h4-13,18,21,24,29,32H,2-3,14-17H2,1H3,(H,33,34)/t18?,21-,24-. The van der Waals surface area contributed by atoms with Crippen molar-refractivity contribution in [2.75, 3.05) is 0 Å². The SMILES string of the molecule is CC(O)c1ccc(Oc2ccc(C3(c4ccc(O[C@H]5C[C@H](NC(=O)O)C5)cc4)CCCC3)cc2)nn1. The fourth-order valence-electron chi connectivity index (χ4n) is 5.29. The minimum absolute atomic E-state index is 0.0175. The third-order valence-electron chi connectivity index (χ3n) is 7.31. The molecule has 36 heavy (non-hydrogen) atoms. The van der Waals surface area contributed by atoms with Gasteiger partial charge in [-0.1, -0.05) is 37.1 Å². The van der Waals surface area contributed by atoms with Gasteiger partial charge in [-0.3, -0.25) is 0 Å². The lowest BCUT2D eigenvalue weighted by Gasteiger charge is -2.35. The van der Waals surface area contributed by atoms with Crippen LogP contribution in [0.1, 0.15) is 68.4 Å². The summed E-state index contributed by atoms with van der Waals surface area (Å²) in [4.78, 5) is 10.7. The number of benzene rings is 2. The highest BCUT2D eigenvalue weighted by atomic mass is 16.5. The van der Waals surface area contributed by atoms with Crippen molar-refractivity contribution in [3.63, 3.8) is 0 Å². The summed E-state index contributed by atoms with van der Waals surface area (Å²) in [5.41, 5.74) is 3.00. The van der Waals surface area contributed by atoms with Gasteiger partial charge < -0.3 is 25.0 Å². The Bertz CT molecular complexity index is 1170. The van der Waals surface area contributed by atoms with E-state index in [2.05, 4.69) is 39.8 Å². The van der Waals surface area contributed by atoms with Crippen molar-refractivity contribution in [1.29, 1.82) is 0 Å². The Morgan fingerprint density at radius 3 is 2.08 bits per heavy atom. The molecule has 0 spiro atoms. The van der Waals surface area contributed by atoms with Gasteiger partial charge in [0.1, 0.15) is 17.6 Å². The van der Waals surface area contributed by atoms with Crippen molar-refractivity contribution in [3.8, 4) is 17.4 Å². The Morgan fingerprint density at radius 1 is 0.944 bits per heavy atom. The molecule has 0 radical (unpaired) electrons. The molecule has 8 heteroatoms. The number of aliphatic hydroxyl groups excluding tert-OH is 1. The molecule has 1 heterocycles. The molecule has 1 atom stereocenters. The summed E-state index contributed by atoms with van der Waals surface area (Å²) >= 11 is 0. The van der Waals surface area contributed by atoms with Gasteiger partial charge in [0, 0.05) is 30.4 Å². The zero-order valence-electron chi connectivity index (χ0n) is 20.3. The van der Waals surface area contributed by atoms with Gasteiger partial charge in [0.2, 0.25) is 5.88 Å². The van der Waals surface area contributed by atoms with E-state index in [9.17, 15) is 9.90 Å². The van der Waals surface area contributed by atoms with Crippen LogP contribution in [0.4, 0.5) is 4.79 Å². The average molecular weight is 490 g/mol. The summed E-state index contributed by atoms with van der Waals surface area (Å²) in [6, 6.07) is 20.0. The number of carbonyl (C=O) groups is 1. The van der Waals surface area contributed by atoms with Gasteiger partial charge in [-0.05, 0) is 61.2 Å². The van der Waals surface area contributed by atoms with Crippen molar-refractivity contribution in [1.82, 2.24) is 15.5 Å². The summed E-state index contributed by atoms with van der Waals surface area (Å²) in [6.45, 7) is 1.65. The summed E-state index contributed by atoms with van der Waals surface area (Å²) < 4.78 is 11.9. The summed E-state index contributed by atoms with van der Waals surface area (Å²) in [7, 11) is 0. The number of aromatic nitrogens is 2. The molecule has 3 N–H and O–H groups in total. The maximum Gasteiger partial charge on any atom is 0.404 e. The second kappa shape index (κ2) is 10.1. The minimum Gasteiger partial charge on any atom is -0.490 e. The predicted octanol–water partition coefficient (Wildman–Crippen LogP) is 5.36. The molecule has 188 valence electrons. The Kier molecular flexibility index (Phi) is 6.78. The quantitative estimate of drug-likeness (QED) is 0.390. The summed E-state index contributed by atoms with van der Waals surface area (Å²) in [6.07, 6.45) is 4.34. The van der Waals surface area contributed by atoms with Crippen molar-refractivity contribution >= 4 is 6.09 Å². The largest absolute Gasteiger partial charge is 0.490 e. The van der Waals surface area contributed by atoms with E-state index >= 15 is 0 Å². The molecule has 1 aromatic heterocycles. The van der Waals surface area contributed by atoms with Crippen molar-refractivity contribution in [3.05, 3.63) is 77.5 Å². The zero-order chi connectivity index (χ0) is 25.1. The van der Waals surface area contributed by atoms with E-state index in [0.717, 1.165) is 18.6 Å². The first-order valence-electron chi connectivity index (χ1n) is 12.5. The van der Waals surface area contributed by atoms with Gasteiger partial charge in [0.05, 0.1) is 11.8 Å². The highest BCUT2D eigenvalue weighted by Crippen LogP contribution is 2.47. The molecule has 2 aliphatic rings. The van der Waals surface area contributed by atoms with Crippen LogP contribution in [0.5, 0.6) is 17.4 Å². The third-order valence-corrected chi connectivity index (χ3v) is 7.31. The summed E-state index contributed by atoms with van der Waals surface area (Å²) in [5.74, 6) is 1.89. The second-order valence-corrected chi connectivity index (χ2v) is 9.77. The molecule has 1 amide bonds. The number of carboxylic acid groups (broad SMARTS) is 1. The monoisotopic (exact) mass is 489 g/mol. The van der Waals surface area contributed by atoms with Crippen molar-refractivity contribution < 1.29 is 24.5 Å². The smallest absolute Gasteiger partial charge is 0.404 e. The normalized spacial score (nSPS) is 21.3. The molecule has 3 aromatic rings. The van der Waals surface area contributed by atoms with E-state index in [1.807, 2.05) is 24.3 Å². The lowest BCUT2D eigenvalue weighted by molar-refractivity contribution is 0.0833. The number of nitrogens with one attached hydrogen (secondary N) is 1. The molecule has 2 aromatic carbocycles. The van der Waals surface area contributed by atoms with Crippen LogP contribution >= 0.6 is 0 Å². The Morgan fingerprint density at radius 2 is 1.56 bits per heavy atom. The average Bonchev–Trinajstić information content (AvgIpc) is 3.35. The number of amides is 1. The van der Waals surface area contributed by atoms with Gasteiger partial charge in [0.25, 0.3) is 0 Å². The molecule has 0 aliphatic heterocycles. The fourth-order valence-corrected chi connectivity index (χ4v) is 5.29. The number of hydrogen-bond acceptors (Lipinski definition) is 6. The first kappa shape index (κ1) is 24.1. The van der Waals surface area contributed by atoms with Gasteiger partial charge in [-0.2, -0.15) is 0 Å². The highest BCUT2D eigenvalue weighted by molar-refractivity contribution is 5.65. The van der Waals surface area contributed by atoms with Crippen molar-refractivity contribution in [2.45, 2.75) is 69.1 Å². The van der Waals surface area contributed by atoms with E-state index in [4.69, 9.17) is 14.6 Å². The Balaban J connectivity index is 1.26. The van der Waals surface area contributed by atoms with Gasteiger partial charge in [-0.15, -0.1) is 10.2 Å². The molecule has 0 bridgehead atoms. The van der Waals surface area contributed by atoms with Crippen LogP contribution in [0.2, 0.25) is 0 Å². The first-order valence-corrected chi connectivity index (χ1v) is 12.5. The van der Waals surface area contributed by atoms with Crippen LogP contribution in [0.3, 0.4) is 0 Å². The molecule has 1 unspecified atom stereocenters. The maximum atomic E-state index is 10.7. The molecule has 5 rings (SSSR count). The third kappa shape index (κ3) is 5.14. The highest BCUT2D eigenvalue weighted by Gasteiger charge is 2.37. The van der Waals surface area contributed by atoms with Crippen LogP contribution in [-0.2, 0) is 5.41 Å². The van der Waals surface area contributed by atoms with Gasteiger partial charge in [0.15, 0.2) is 0 Å². The molecule has 2 saturated carbocycles. The lowest BCUT2D eigenvalue weighted by atomic mass is 9.73. The van der Waals surface area contributed by atoms with Crippen LogP contribution in [0, 0.1) is 0 Å². The van der Waals surface area contributed by atoms with Crippen LogP contribution < -0.4 is 14.8 Å². The first-order chi connectivity index (χ1) is 17.4. The number of hydrogen-bond donors (Lipinski definition) is 3. The van der Waals surface area contributed by atoms with E-state index in [1.165, 1.54) is 24.0 Å². The molecular weight excluding hydrogens is 458 g/mol. The van der Waals surface area contributed by atoms with Gasteiger partial charge >= 0.3 is 6.09 Å². The summed E-state index contributed by atoms with van der Waals surface area (Å²) in [5, 5.41) is 28.9. The van der Waals surface area contributed by atoms with Gasteiger partial charge in [-0.25, -0.2) is 4.79 Å². The van der Waals surface area contributed by atoms with E-state index < -0.39 is 12.2 Å². The second-order valence-electron chi connectivity index (χ2n) is 9.77. The van der Waals surface area contributed by atoms with Crippen LogP contribution in [0.15, 0.2) is 60.7 Å². The zero-order valence-corrected chi connectivity index (χ0v) is 20.3. The maximum absolute atomic E-state index is 10.7. The number of aliphatic hydroxyl groups is 1. The van der Waals surface area contributed by atoms with Crippen molar-refractivity contribution in [2.24, 2.45) is 0 Å². The van der Waals surface area contributed by atoms with E-state index in [-0.39, 0.29) is 17.6 Å². The molecular formula is C28H31N3O5. The minimum atomic E-state index is -0.982.